The molecule has 1 amide bonds. The van der Waals surface area contributed by atoms with E-state index in [1.54, 1.807) is 31.0 Å². The van der Waals surface area contributed by atoms with Crippen LogP contribution in [0.3, 0.4) is 0 Å². The quantitative estimate of drug-likeness (QED) is 0.709. The third kappa shape index (κ3) is 3.96. The predicted molar refractivity (Wildman–Crippen MR) is 103 cm³/mol. The lowest BCUT2D eigenvalue weighted by Gasteiger charge is -2.22. The third-order valence-electron chi connectivity index (χ3n) is 5.02. The van der Waals surface area contributed by atoms with Crippen LogP contribution >= 0.6 is 0 Å². The molecule has 1 aliphatic carbocycles. The number of methoxy groups -OCH3 is 1. The number of anilines is 1. The molecular weight excluding hydrogens is 362 g/mol. The van der Waals surface area contributed by atoms with Crippen molar-refractivity contribution in [3.8, 4) is 0 Å². The van der Waals surface area contributed by atoms with Crippen LogP contribution in [0.5, 0.6) is 0 Å². The molecule has 2 aromatic heterocycles. The van der Waals surface area contributed by atoms with Gasteiger partial charge < -0.3 is 20.3 Å². The van der Waals surface area contributed by atoms with E-state index in [1.165, 1.54) is 4.68 Å². The summed E-state index contributed by atoms with van der Waals surface area (Å²) < 4.78 is 8.32. The Hall–Kier alpha value is -2.23. The normalized spacial score (nSPS) is 22.6. The van der Waals surface area contributed by atoms with E-state index in [9.17, 15) is 15.0 Å². The predicted octanol–water partition coefficient (Wildman–Crippen LogP) is 1.37. The first-order valence-electron chi connectivity index (χ1n) is 9.41. The van der Waals surface area contributed by atoms with Crippen molar-refractivity contribution in [3.63, 3.8) is 0 Å². The molecule has 2 heterocycles. The van der Waals surface area contributed by atoms with E-state index < -0.39 is 12.2 Å². The Kier molecular flexibility index (Phi) is 5.60. The highest BCUT2D eigenvalue weighted by molar-refractivity contribution is 6.02. The van der Waals surface area contributed by atoms with Crippen molar-refractivity contribution in [1.29, 1.82) is 0 Å². The van der Waals surface area contributed by atoms with Crippen LogP contribution in [0.4, 0.5) is 5.82 Å². The van der Waals surface area contributed by atoms with Crippen LogP contribution in [0.1, 0.15) is 61.4 Å². The zero-order valence-corrected chi connectivity index (χ0v) is 17.0. The van der Waals surface area contributed by atoms with Crippen molar-refractivity contribution in [1.82, 2.24) is 19.6 Å². The minimum atomic E-state index is -0.847. The van der Waals surface area contributed by atoms with Crippen molar-refractivity contribution in [2.45, 2.75) is 63.9 Å². The molecule has 2 aromatic rings. The van der Waals surface area contributed by atoms with Gasteiger partial charge in [0.15, 0.2) is 0 Å². The van der Waals surface area contributed by atoms with Gasteiger partial charge >= 0.3 is 0 Å². The highest BCUT2D eigenvalue weighted by Crippen LogP contribution is 2.36. The number of aryl methyl sites for hydroxylation is 1. The fraction of sp³-hybridized carbons (Fsp3) is 0.632. The molecule has 0 saturated heterocycles. The van der Waals surface area contributed by atoms with Gasteiger partial charge in [-0.15, -0.1) is 0 Å². The average Bonchev–Trinajstić information content (AvgIpc) is 3.26. The molecule has 1 fully saturated rings. The SMILES string of the molecule is COCc1cc(C(=O)Nc2cc([C@@H]3CC[C@H](O)[C@@H]3O)nn2C(C)(C)C)n(C)n1. The number of nitrogens with zero attached hydrogens (tertiary/aromatic N) is 4. The van der Waals surface area contributed by atoms with E-state index in [2.05, 4.69) is 15.5 Å². The first-order chi connectivity index (χ1) is 13.1. The lowest BCUT2D eigenvalue weighted by Crippen LogP contribution is -2.28. The van der Waals surface area contributed by atoms with E-state index in [-0.39, 0.29) is 17.4 Å². The Morgan fingerprint density at radius 3 is 2.57 bits per heavy atom. The van der Waals surface area contributed by atoms with Crippen molar-refractivity contribution in [2.24, 2.45) is 7.05 Å². The van der Waals surface area contributed by atoms with Crippen molar-refractivity contribution < 1.29 is 19.7 Å². The number of aliphatic hydroxyl groups is 2. The number of amides is 1. The molecule has 0 aliphatic heterocycles. The Morgan fingerprint density at radius 2 is 2.00 bits per heavy atom. The second kappa shape index (κ2) is 7.65. The van der Waals surface area contributed by atoms with Gasteiger partial charge in [0.1, 0.15) is 11.5 Å². The number of hydrogen-bond acceptors (Lipinski definition) is 6. The maximum atomic E-state index is 12.8. The molecule has 0 bridgehead atoms. The standard InChI is InChI=1S/C19H29N5O4/c1-19(2,3)24-16(9-13(22-24)12-6-7-15(25)17(12)26)20-18(27)14-8-11(10-28-5)21-23(14)4/h8-9,12,15,17,25-26H,6-7,10H2,1-5H3,(H,20,27)/t12-,15-,17+/m0/s1. The van der Waals surface area contributed by atoms with Crippen LogP contribution in [0.2, 0.25) is 0 Å². The van der Waals surface area contributed by atoms with Crippen LogP contribution in [-0.2, 0) is 23.9 Å². The average molecular weight is 391 g/mol. The van der Waals surface area contributed by atoms with Crippen LogP contribution in [-0.4, -0.2) is 55.0 Å². The number of hydrogen-bond donors (Lipinski definition) is 3. The van der Waals surface area contributed by atoms with Crippen molar-refractivity contribution in [3.05, 3.63) is 29.2 Å². The summed E-state index contributed by atoms with van der Waals surface area (Å²) in [4.78, 5) is 12.8. The highest BCUT2D eigenvalue weighted by atomic mass is 16.5. The zero-order chi connectivity index (χ0) is 20.6. The van der Waals surface area contributed by atoms with E-state index in [0.717, 1.165) is 0 Å². The number of aliphatic hydroxyl groups excluding tert-OH is 2. The van der Waals surface area contributed by atoms with Gasteiger partial charge in [-0.25, -0.2) is 4.68 Å². The van der Waals surface area contributed by atoms with Gasteiger partial charge in [0.2, 0.25) is 0 Å². The summed E-state index contributed by atoms with van der Waals surface area (Å²) in [6, 6.07) is 3.47. The Bertz CT molecular complexity index is 851. The summed E-state index contributed by atoms with van der Waals surface area (Å²) >= 11 is 0. The Balaban J connectivity index is 1.89. The van der Waals surface area contributed by atoms with Crippen molar-refractivity contribution in [2.75, 3.05) is 12.4 Å². The Morgan fingerprint density at radius 1 is 1.29 bits per heavy atom. The number of carbonyl (C=O) groups is 1. The molecule has 0 radical (unpaired) electrons. The van der Waals surface area contributed by atoms with Gasteiger partial charge in [0.25, 0.3) is 5.91 Å². The maximum absolute atomic E-state index is 12.8. The molecule has 3 atom stereocenters. The second-order valence-corrected chi connectivity index (χ2v) is 8.31. The third-order valence-corrected chi connectivity index (χ3v) is 5.02. The molecule has 0 spiro atoms. The van der Waals surface area contributed by atoms with Gasteiger partial charge in [-0.05, 0) is 39.7 Å². The number of carbonyl (C=O) groups excluding carboxylic acids is 1. The molecule has 1 aliphatic rings. The van der Waals surface area contributed by atoms with E-state index in [4.69, 9.17) is 4.74 Å². The number of aromatic nitrogens is 4. The monoisotopic (exact) mass is 391 g/mol. The van der Waals surface area contributed by atoms with E-state index >= 15 is 0 Å². The summed E-state index contributed by atoms with van der Waals surface area (Å²) in [5, 5.41) is 31.9. The number of nitrogens with one attached hydrogen (secondary N) is 1. The van der Waals surface area contributed by atoms with Crippen LogP contribution in [0, 0.1) is 0 Å². The largest absolute Gasteiger partial charge is 0.390 e. The first-order valence-corrected chi connectivity index (χ1v) is 9.41. The van der Waals surface area contributed by atoms with Crippen LogP contribution < -0.4 is 5.32 Å². The first kappa shape index (κ1) is 20.5. The zero-order valence-electron chi connectivity index (χ0n) is 17.0. The summed E-state index contributed by atoms with van der Waals surface area (Å²) in [7, 11) is 3.28. The van der Waals surface area contributed by atoms with Gasteiger partial charge in [-0.2, -0.15) is 10.2 Å². The number of ether oxygens (including phenoxy) is 1. The van der Waals surface area contributed by atoms with Gasteiger partial charge in [0, 0.05) is 26.1 Å². The molecule has 0 unspecified atom stereocenters. The fourth-order valence-corrected chi connectivity index (χ4v) is 3.60. The molecule has 0 aromatic carbocycles. The summed E-state index contributed by atoms with van der Waals surface area (Å²) in [6.07, 6.45) is -0.399. The minimum absolute atomic E-state index is 0.251. The molecule has 3 rings (SSSR count). The lowest BCUT2D eigenvalue weighted by atomic mass is 10.0. The second-order valence-electron chi connectivity index (χ2n) is 8.31. The molecule has 3 N–H and O–H groups in total. The summed E-state index contributed by atoms with van der Waals surface area (Å²) in [6.45, 7) is 6.29. The molecule has 9 heteroatoms. The van der Waals surface area contributed by atoms with Gasteiger partial charge in [-0.3, -0.25) is 9.48 Å². The Labute approximate surface area is 164 Å². The molecule has 154 valence electrons. The van der Waals surface area contributed by atoms with Gasteiger partial charge in [-0.1, -0.05) is 0 Å². The highest BCUT2D eigenvalue weighted by Gasteiger charge is 2.37. The van der Waals surface area contributed by atoms with Crippen molar-refractivity contribution >= 4 is 11.7 Å². The topological polar surface area (TPSA) is 114 Å². The van der Waals surface area contributed by atoms with Gasteiger partial charge in [0.05, 0.1) is 35.7 Å². The maximum Gasteiger partial charge on any atom is 0.275 e. The van der Waals surface area contributed by atoms with E-state index in [0.29, 0.717) is 42.3 Å². The minimum Gasteiger partial charge on any atom is -0.390 e. The summed E-state index contributed by atoms with van der Waals surface area (Å²) in [5.41, 5.74) is 1.37. The molecule has 9 nitrogen and oxygen atoms in total. The fourth-order valence-electron chi connectivity index (χ4n) is 3.60. The molecule has 1 saturated carbocycles. The van der Waals surface area contributed by atoms with E-state index in [1.807, 2.05) is 20.8 Å². The van der Waals surface area contributed by atoms with Crippen LogP contribution in [0.15, 0.2) is 12.1 Å². The molecule has 28 heavy (non-hydrogen) atoms. The molecular formula is C19H29N5O4. The summed E-state index contributed by atoms with van der Waals surface area (Å²) in [5.74, 6) is -0.0175. The van der Waals surface area contributed by atoms with Crippen LogP contribution in [0.25, 0.3) is 0 Å². The lowest BCUT2D eigenvalue weighted by molar-refractivity contribution is 0.0345. The number of rotatable bonds is 5. The smallest absolute Gasteiger partial charge is 0.275 e.